The van der Waals surface area contributed by atoms with Gasteiger partial charge in [0.25, 0.3) is 5.92 Å². The first-order valence-electron chi connectivity index (χ1n) is 11.2. The summed E-state index contributed by atoms with van der Waals surface area (Å²) in [5.41, 5.74) is -0.755. The van der Waals surface area contributed by atoms with Crippen LogP contribution in [0.3, 0.4) is 0 Å². The molecule has 1 aliphatic carbocycles. The van der Waals surface area contributed by atoms with Crippen LogP contribution in [-0.2, 0) is 21.2 Å². The fourth-order valence-corrected chi connectivity index (χ4v) is 6.04. The maximum Gasteiger partial charge on any atom is 0.283 e. The van der Waals surface area contributed by atoms with Crippen molar-refractivity contribution in [1.29, 1.82) is 0 Å². The van der Waals surface area contributed by atoms with Gasteiger partial charge >= 0.3 is 0 Å². The van der Waals surface area contributed by atoms with Gasteiger partial charge in [0.05, 0.1) is 17.8 Å². The number of nitrogens with zero attached hydrogens (tertiary/aromatic N) is 1. The molecule has 1 saturated heterocycles. The molecule has 0 radical (unpaired) electrons. The molecule has 2 fully saturated rings. The number of benzene rings is 2. The maximum atomic E-state index is 15.5. The van der Waals surface area contributed by atoms with Crippen LogP contribution < -0.4 is 4.72 Å². The van der Waals surface area contributed by atoms with E-state index < -0.39 is 75.5 Å². The molecule has 1 aliphatic heterocycles. The fraction of sp³-hybridized carbons (Fsp3) is 0.458. The Morgan fingerprint density at radius 1 is 1.06 bits per heavy atom. The van der Waals surface area contributed by atoms with Gasteiger partial charge in [-0.2, -0.15) is 0 Å². The number of alkyl halides is 2. The molecule has 1 N–H and O–H groups in total. The van der Waals surface area contributed by atoms with Crippen molar-refractivity contribution in [2.45, 2.75) is 56.4 Å². The summed E-state index contributed by atoms with van der Waals surface area (Å²) >= 11 is 0. The summed E-state index contributed by atoms with van der Waals surface area (Å²) in [6.07, 6.45) is 0.244. The van der Waals surface area contributed by atoms with Gasteiger partial charge in [-0.25, -0.2) is 35.1 Å². The van der Waals surface area contributed by atoms with Crippen LogP contribution in [0.15, 0.2) is 36.4 Å². The van der Waals surface area contributed by atoms with Crippen LogP contribution in [0.5, 0.6) is 0 Å². The molecule has 1 heterocycles. The van der Waals surface area contributed by atoms with Crippen LogP contribution in [0.1, 0.15) is 32.3 Å². The third kappa shape index (κ3) is 4.93. The monoisotopic (exact) mass is 516 g/mol. The van der Waals surface area contributed by atoms with Crippen LogP contribution in [0.4, 0.5) is 22.0 Å². The molecule has 0 spiro atoms. The summed E-state index contributed by atoms with van der Waals surface area (Å²) in [4.78, 5) is 13.7. The number of halogens is 5. The lowest BCUT2D eigenvalue weighted by molar-refractivity contribution is -0.136. The smallest absolute Gasteiger partial charge is 0.283 e. The van der Waals surface area contributed by atoms with E-state index in [1.807, 2.05) is 0 Å². The predicted molar refractivity (Wildman–Crippen MR) is 120 cm³/mol. The molecule has 11 heteroatoms. The summed E-state index contributed by atoms with van der Waals surface area (Å²) < 4.78 is 101. The van der Waals surface area contributed by atoms with Crippen molar-refractivity contribution in [3.8, 4) is 11.1 Å². The number of nitrogens with one attached hydrogen (secondary N) is 1. The van der Waals surface area contributed by atoms with Crippen LogP contribution in [0.2, 0.25) is 0 Å². The third-order valence-electron chi connectivity index (χ3n) is 6.40. The molecule has 1 amide bonds. The molecule has 0 bridgehead atoms. The molecular weight excluding hydrogens is 491 g/mol. The average molecular weight is 517 g/mol. The highest BCUT2D eigenvalue weighted by molar-refractivity contribution is 7.90. The maximum absolute atomic E-state index is 15.5. The summed E-state index contributed by atoms with van der Waals surface area (Å²) in [5.74, 6) is -8.29. The van der Waals surface area contributed by atoms with E-state index in [-0.39, 0.29) is 16.7 Å². The number of carbonyl (C=O) groups is 1. The van der Waals surface area contributed by atoms with Crippen molar-refractivity contribution >= 4 is 15.9 Å². The van der Waals surface area contributed by atoms with Gasteiger partial charge < -0.3 is 4.90 Å². The quantitative estimate of drug-likeness (QED) is 0.560. The molecule has 2 aliphatic rings. The molecule has 2 aromatic rings. The van der Waals surface area contributed by atoms with Crippen molar-refractivity contribution in [3.63, 3.8) is 0 Å². The second kappa shape index (κ2) is 9.16. The first-order valence-corrected chi connectivity index (χ1v) is 12.8. The van der Waals surface area contributed by atoms with Crippen molar-refractivity contribution in [3.05, 3.63) is 59.4 Å². The number of rotatable bonds is 7. The molecule has 2 aromatic carbocycles. The second-order valence-corrected chi connectivity index (χ2v) is 11.4. The number of likely N-dealkylation sites (tertiary alicyclic amines) is 1. The Morgan fingerprint density at radius 2 is 1.66 bits per heavy atom. The van der Waals surface area contributed by atoms with Crippen LogP contribution in [0, 0.1) is 23.4 Å². The number of amides is 1. The first-order chi connectivity index (χ1) is 16.3. The largest absolute Gasteiger partial charge is 0.331 e. The Bertz CT molecular complexity index is 1250. The Labute approximate surface area is 200 Å². The molecular formula is C24H25F5N2O3S. The highest BCUT2D eigenvalue weighted by Crippen LogP contribution is 2.38. The SMILES string of the molecule is CC(C)C(=O)N1CC(F)(F)[C@H](NS(=O)(=O)C2CC2)[C@@H]1Cc1cccc(-c2cccc(F)c2F)c1F. The lowest BCUT2D eigenvalue weighted by atomic mass is 9.95. The van der Waals surface area contributed by atoms with Gasteiger partial charge in [-0.1, -0.05) is 44.2 Å². The zero-order valence-electron chi connectivity index (χ0n) is 19.1. The van der Waals surface area contributed by atoms with Crippen LogP contribution in [0.25, 0.3) is 11.1 Å². The molecule has 0 unspecified atom stereocenters. The zero-order chi connectivity index (χ0) is 25.7. The molecule has 4 rings (SSSR count). The highest BCUT2D eigenvalue weighted by Gasteiger charge is 2.58. The molecule has 190 valence electrons. The van der Waals surface area contributed by atoms with Gasteiger partial charge in [0.15, 0.2) is 11.6 Å². The van der Waals surface area contributed by atoms with Crippen LogP contribution >= 0.6 is 0 Å². The first kappa shape index (κ1) is 25.6. The number of sulfonamides is 1. The summed E-state index contributed by atoms with van der Waals surface area (Å²) in [5, 5.41) is -0.773. The van der Waals surface area contributed by atoms with E-state index in [4.69, 9.17) is 0 Å². The normalized spacial score (nSPS) is 22.1. The Kier molecular flexibility index (Phi) is 6.69. The van der Waals surface area contributed by atoms with E-state index in [0.29, 0.717) is 12.8 Å². The highest BCUT2D eigenvalue weighted by atomic mass is 32.2. The van der Waals surface area contributed by atoms with Crippen molar-refractivity contribution < 1.29 is 35.2 Å². The number of hydrogen-bond acceptors (Lipinski definition) is 3. The Morgan fingerprint density at radius 3 is 2.26 bits per heavy atom. The summed E-state index contributed by atoms with van der Waals surface area (Å²) in [6, 6.07) is 3.80. The molecule has 35 heavy (non-hydrogen) atoms. The second-order valence-electron chi connectivity index (χ2n) is 9.37. The van der Waals surface area contributed by atoms with E-state index in [1.165, 1.54) is 44.2 Å². The molecule has 1 saturated carbocycles. The Hall–Kier alpha value is -2.53. The summed E-state index contributed by atoms with van der Waals surface area (Å²) in [7, 11) is -4.06. The van der Waals surface area contributed by atoms with Gasteiger partial charge in [0, 0.05) is 17.0 Å². The van der Waals surface area contributed by atoms with E-state index in [1.54, 1.807) is 0 Å². The van der Waals surface area contributed by atoms with Gasteiger partial charge in [0.2, 0.25) is 15.9 Å². The topological polar surface area (TPSA) is 66.5 Å². The van der Waals surface area contributed by atoms with Gasteiger partial charge in [-0.3, -0.25) is 4.79 Å². The lowest BCUT2D eigenvalue weighted by Crippen LogP contribution is -2.53. The summed E-state index contributed by atoms with van der Waals surface area (Å²) in [6.45, 7) is 2.02. The average Bonchev–Trinajstić information content (AvgIpc) is 3.60. The predicted octanol–water partition coefficient (Wildman–Crippen LogP) is 4.27. The zero-order valence-corrected chi connectivity index (χ0v) is 19.9. The Balaban J connectivity index is 1.74. The third-order valence-corrected chi connectivity index (χ3v) is 8.33. The van der Waals surface area contributed by atoms with Gasteiger partial charge in [-0.15, -0.1) is 0 Å². The van der Waals surface area contributed by atoms with Crippen molar-refractivity contribution in [2.24, 2.45) is 5.92 Å². The molecule has 2 atom stereocenters. The van der Waals surface area contributed by atoms with Gasteiger partial charge in [-0.05, 0) is 30.9 Å². The molecule has 5 nitrogen and oxygen atoms in total. The minimum atomic E-state index is -4.06. The minimum Gasteiger partial charge on any atom is -0.331 e. The van der Waals surface area contributed by atoms with E-state index in [0.717, 1.165) is 11.0 Å². The van der Waals surface area contributed by atoms with Crippen molar-refractivity contribution in [1.82, 2.24) is 9.62 Å². The number of carbonyl (C=O) groups excluding carboxylic acids is 1. The number of hydrogen-bond donors (Lipinski definition) is 1. The standard InChI is InChI=1S/C24H25F5N2O3S/c1-13(2)23(32)31-12-24(28,29)22(30-35(33,34)15-9-10-15)19(31)11-14-5-3-6-16(20(14)26)17-7-4-8-18(25)21(17)27/h3-8,13,15,19,22,30H,9-12H2,1-2H3/t19-,22+/m0/s1. The van der Waals surface area contributed by atoms with E-state index in [2.05, 4.69) is 4.72 Å². The lowest BCUT2D eigenvalue weighted by Gasteiger charge is -2.29. The minimum absolute atomic E-state index is 0.133. The van der Waals surface area contributed by atoms with Crippen molar-refractivity contribution in [2.75, 3.05) is 6.54 Å². The fourth-order valence-electron chi connectivity index (χ4n) is 4.40. The van der Waals surface area contributed by atoms with E-state index >= 15 is 13.2 Å². The van der Waals surface area contributed by atoms with Gasteiger partial charge in [0.1, 0.15) is 11.9 Å². The van der Waals surface area contributed by atoms with E-state index in [9.17, 15) is 22.0 Å². The molecule has 0 aromatic heterocycles. The van der Waals surface area contributed by atoms with Crippen LogP contribution in [-0.4, -0.2) is 49.0 Å².